The van der Waals surface area contributed by atoms with Gasteiger partial charge in [-0.25, -0.2) is 0 Å². The summed E-state index contributed by atoms with van der Waals surface area (Å²) in [5.74, 6) is -0.344. The molecule has 0 saturated heterocycles. The summed E-state index contributed by atoms with van der Waals surface area (Å²) in [5, 5.41) is 14.1. The monoisotopic (exact) mass is 471 g/mol. The van der Waals surface area contributed by atoms with Crippen molar-refractivity contribution in [1.29, 1.82) is 0 Å². The second kappa shape index (κ2) is 11.5. The van der Waals surface area contributed by atoms with Gasteiger partial charge in [0.1, 0.15) is 11.8 Å². The molecule has 0 aliphatic heterocycles. The van der Waals surface area contributed by atoms with Crippen molar-refractivity contribution in [3.63, 3.8) is 0 Å². The van der Waals surface area contributed by atoms with Gasteiger partial charge in [-0.05, 0) is 45.7 Å². The number of aryl methyl sites for hydroxylation is 1. The molecule has 0 fully saturated rings. The Labute approximate surface area is 200 Å². The first-order chi connectivity index (χ1) is 15.9. The van der Waals surface area contributed by atoms with E-state index in [-0.39, 0.29) is 42.2 Å². The average Bonchev–Trinajstić information content (AvgIpc) is 2.75. The minimum atomic E-state index is -0.692. The smallest absolute Gasteiger partial charge is 0.311 e. The van der Waals surface area contributed by atoms with E-state index in [0.29, 0.717) is 6.42 Å². The van der Waals surface area contributed by atoms with Gasteiger partial charge in [-0.2, -0.15) is 0 Å². The zero-order valence-electron chi connectivity index (χ0n) is 20.6. The molecule has 34 heavy (non-hydrogen) atoms. The third-order valence-electron chi connectivity index (χ3n) is 5.03. The summed E-state index contributed by atoms with van der Waals surface area (Å²) in [6.45, 7) is 9.37. The first-order valence-electron chi connectivity index (χ1n) is 11.1. The molecule has 9 nitrogen and oxygen atoms in total. The van der Waals surface area contributed by atoms with Crippen molar-refractivity contribution in [2.75, 3.05) is 13.7 Å². The summed E-state index contributed by atoms with van der Waals surface area (Å²) in [6.07, 6.45) is 0.421. The van der Waals surface area contributed by atoms with Crippen molar-refractivity contribution >= 4 is 17.5 Å². The lowest BCUT2D eigenvalue weighted by Crippen LogP contribution is -2.54. The van der Waals surface area contributed by atoms with Crippen LogP contribution in [-0.4, -0.2) is 46.9 Å². The van der Waals surface area contributed by atoms with Gasteiger partial charge in [0, 0.05) is 24.2 Å². The zero-order chi connectivity index (χ0) is 25.5. The molecule has 2 aromatic carbocycles. The fourth-order valence-corrected chi connectivity index (χ4v) is 3.51. The van der Waals surface area contributed by atoms with Gasteiger partial charge in [0.25, 0.3) is 5.91 Å². The van der Waals surface area contributed by atoms with Gasteiger partial charge in [0.05, 0.1) is 12.0 Å². The van der Waals surface area contributed by atoms with E-state index in [2.05, 4.69) is 5.32 Å². The Morgan fingerprint density at radius 1 is 1.18 bits per heavy atom. The lowest BCUT2D eigenvalue weighted by atomic mass is 10.1. The highest BCUT2D eigenvalue weighted by molar-refractivity contribution is 5.88. The summed E-state index contributed by atoms with van der Waals surface area (Å²) in [4.78, 5) is 38.4. The maximum absolute atomic E-state index is 13.3. The quantitative estimate of drug-likeness (QED) is 0.414. The van der Waals surface area contributed by atoms with Gasteiger partial charge in [0.2, 0.25) is 11.7 Å². The molecule has 9 heteroatoms. The predicted molar refractivity (Wildman–Crippen MR) is 129 cm³/mol. The number of nitrogens with zero attached hydrogens (tertiary/aromatic N) is 2. The predicted octanol–water partition coefficient (Wildman–Crippen LogP) is 4.01. The second-order valence-corrected chi connectivity index (χ2v) is 9.05. The van der Waals surface area contributed by atoms with E-state index in [1.165, 1.54) is 30.2 Å². The van der Waals surface area contributed by atoms with Crippen LogP contribution in [0.4, 0.5) is 5.69 Å². The molecule has 2 rings (SSSR count). The lowest BCUT2D eigenvalue weighted by Gasteiger charge is -2.33. The Bertz CT molecular complexity index is 1030. The fraction of sp³-hybridized carbons (Fsp3) is 0.440. The molecule has 0 aromatic heterocycles. The summed E-state index contributed by atoms with van der Waals surface area (Å²) >= 11 is 0. The van der Waals surface area contributed by atoms with Crippen molar-refractivity contribution in [2.45, 2.75) is 59.2 Å². The highest BCUT2D eigenvalue weighted by Gasteiger charge is 2.31. The Morgan fingerprint density at radius 2 is 1.88 bits per heavy atom. The largest absolute Gasteiger partial charge is 0.490 e. The van der Waals surface area contributed by atoms with Crippen LogP contribution in [0.15, 0.2) is 42.5 Å². The van der Waals surface area contributed by atoms with Crippen LogP contribution < -0.4 is 14.8 Å². The number of amides is 2. The van der Waals surface area contributed by atoms with Gasteiger partial charge in [0.15, 0.2) is 6.61 Å². The minimum Gasteiger partial charge on any atom is -0.490 e. The molecule has 0 heterocycles. The van der Waals surface area contributed by atoms with Crippen LogP contribution in [0.5, 0.6) is 11.5 Å². The van der Waals surface area contributed by atoms with E-state index < -0.39 is 16.5 Å². The molecule has 0 aliphatic carbocycles. The van der Waals surface area contributed by atoms with Gasteiger partial charge in [-0.3, -0.25) is 19.7 Å². The average molecular weight is 472 g/mol. The van der Waals surface area contributed by atoms with Crippen LogP contribution in [0.1, 0.15) is 45.2 Å². The molecule has 1 N–H and O–H groups in total. The van der Waals surface area contributed by atoms with Crippen LogP contribution in [0.25, 0.3) is 0 Å². The molecule has 2 aromatic rings. The van der Waals surface area contributed by atoms with Crippen LogP contribution in [-0.2, 0) is 16.1 Å². The SMILES string of the molecule is CC[C@@H](C(=O)NC(C)(C)C)N(Cc1cccc(C)c1)C(=O)COc1ccc([N+](=O)[O-])c(OC)c1. The highest BCUT2D eigenvalue weighted by atomic mass is 16.6. The molecule has 0 unspecified atom stereocenters. The van der Waals surface area contributed by atoms with Crippen molar-refractivity contribution < 1.29 is 24.0 Å². The van der Waals surface area contributed by atoms with E-state index in [1.807, 2.05) is 58.9 Å². The summed E-state index contributed by atoms with van der Waals surface area (Å²) in [5.41, 5.74) is 1.29. The van der Waals surface area contributed by atoms with E-state index in [1.54, 1.807) is 0 Å². The molecule has 2 amide bonds. The number of methoxy groups -OCH3 is 1. The number of hydrogen-bond donors (Lipinski definition) is 1. The van der Waals surface area contributed by atoms with Gasteiger partial charge >= 0.3 is 5.69 Å². The second-order valence-electron chi connectivity index (χ2n) is 9.05. The maximum atomic E-state index is 13.3. The molecule has 1 atom stereocenters. The van der Waals surface area contributed by atoms with Crippen molar-refractivity contribution in [3.8, 4) is 11.5 Å². The number of benzene rings is 2. The first kappa shape index (κ1) is 26.6. The zero-order valence-corrected chi connectivity index (χ0v) is 20.6. The Hall–Kier alpha value is -3.62. The summed E-state index contributed by atoms with van der Waals surface area (Å²) in [6, 6.07) is 11.1. The highest BCUT2D eigenvalue weighted by Crippen LogP contribution is 2.30. The van der Waals surface area contributed by atoms with E-state index in [9.17, 15) is 19.7 Å². The van der Waals surface area contributed by atoms with Crippen LogP contribution >= 0.6 is 0 Å². The molecule has 0 aliphatic rings. The third kappa shape index (κ3) is 7.47. The Kier molecular flexibility index (Phi) is 9.00. The molecule has 0 spiro atoms. The summed E-state index contributed by atoms with van der Waals surface area (Å²) in [7, 11) is 1.32. The van der Waals surface area contributed by atoms with Gasteiger partial charge in [-0.15, -0.1) is 0 Å². The normalized spacial score (nSPS) is 11.9. The molecule has 0 radical (unpaired) electrons. The van der Waals surface area contributed by atoms with Crippen molar-refractivity contribution in [2.24, 2.45) is 0 Å². The molecule has 0 saturated carbocycles. The van der Waals surface area contributed by atoms with E-state index in [0.717, 1.165) is 11.1 Å². The fourth-order valence-electron chi connectivity index (χ4n) is 3.51. The number of nitrogens with one attached hydrogen (secondary N) is 1. The minimum absolute atomic E-state index is 0.0301. The Morgan fingerprint density at radius 3 is 2.44 bits per heavy atom. The van der Waals surface area contributed by atoms with Crippen LogP contribution in [0, 0.1) is 17.0 Å². The maximum Gasteiger partial charge on any atom is 0.311 e. The lowest BCUT2D eigenvalue weighted by molar-refractivity contribution is -0.385. The third-order valence-corrected chi connectivity index (χ3v) is 5.03. The van der Waals surface area contributed by atoms with Gasteiger partial charge in [-0.1, -0.05) is 36.8 Å². The van der Waals surface area contributed by atoms with Crippen molar-refractivity contribution in [1.82, 2.24) is 10.2 Å². The molecular formula is C25H33N3O6. The number of carbonyl (C=O) groups is 2. The Balaban J connectivity index is 2.27. The van der Waals surface area contributed by atoms with Crippen molar-refractivity contribution in [3.05, 3.63) is 63.7 Å². The standard InChI is InChI=1S/C25H33N3O6/c1-7-20(24(30)26-25(3,4)5)27(15-18-10-8-9-17(2)13-18)23(29)16-34-19-11-12-21(28(31)32)22(14-19)33-6/h8-14,20H,7,15-16H2,1-6H3,(H,26,30)/t20-/m0/s1. The topological polar surface area (TPSA) is 111 Å². The van der Waals surface area contributed by atoms with Crippen LogP contribution in [0.2, 0.25) is 0 Å². The molecule has 184 valence electrons. The number of hydrogen-bond acceptors (Lipinski definition) is 6. The number of nitro groups is 1. The number of ether oxygens (including phenoxy) is 2. The van der Waals surface area contributed by atoms with E-state index in [4.69, 9.17) is 9.47 Å². The molecular weight excluding hydrogens is 438 g/mol. The summed E-state index contributed by atoms with van der Waals surface area (Å²) < 4.78 is 10.7. The molecule has 0 bridgehead atoms. The van der Waals surface area contributed by atoms with Gasteiger partial charge < -0.3 is 19.7 Å². The first-order valence-corrected chi connectivity index (χ1v) is 11.1. The van der Waals surface area contributed by atoms with E-state index >= 15 is 0 Å². The number of carbonyl (C=O) groups excluding carboxylic acids is 2. The van der Waals surface area contributed by atoms with Crippen LogP contribution in [0.3, 0.4) is 0 Å². The number of rotatable bonds is 10. The number of nitro benzene ring substituents is 1.